The topological polar surface area (TPSA) is 29.1 Å². The van der Waals surface area contributed by atoms with Gasteiger partial charge in [-0.25, -0.2) is 0 Å². The molecule has 1 aliphatic rings. The van der Waals surface area contributed by atoms with Gasteiger partial charge in [0.05, 0.1) is 0 Å². The van der Waals surface area contributed by atoms with E-state index in [0.717, 1.165) is 0 Å². The predicted octanol–water partition coefficient (Wildman–Crippen LogP) is 1.46. The minimum atomic E-state index is -4.64. The molecule has 7 heteroatoms. The number of hydrogen-bond donors (Lipinski definition) is 1. The molecule has 1 N–H and O–H groups in total. The number of hydrogen-bond acceptors (Lipinski definition) is 1. The first-order valence-electron chi connectivity index (χ1n) is 3.45. The summed E-state index contributed by atoms with van der Waals surface area (Å²) in [4.78, 5) is 10.3. The highest BCUT2D eigenvalue weighted by Crippen LogP contribution is 2.48. The zero-order valence-corrected chi connectivity index (χ0v) is 6.29. The molecule has 0 saturated heterocycles. The van der Waals surface area contributed by atoms with Gasteiger partial charge in [-0.3, -0.25) is 4.79 Å². The monoisotopic (exact) mass is 203 g/mol. The van der Waals surface area contributed by atoms with Crippen molar-refractivity contribution in [2.24, 2.45) is 0 Å². The lowest BCUT2D eigenvalue weighted by atomic mass is 10.2. The summed E-state index contributed by atoms with van der Waals surface area (Å²) in [7, 11) is 0. The van der Waals surface area contributed by atoms with Gasteiger partial charge in [-0.2, -0.15) is 22.0 Å². The van der Waals surface area contributed by atoms with Crippen LogP contribution >= 0.6 is 0 Å². The molecule has 1 aliphatic carbocycles. The Morgan fingerprint density at radius 3 is 2.00 bits per heavy atom. The quantitative estimate of drug-likeness (QED) is 0.676. The van der Waals surface area contributed by atoms with Gasteiger partial charge in [0.25, 0.3) is 5.91 Å². The maximum Gasteiger partial charge on any atom is 0.411 e. The van der Waals surface area contributed by atoms with E-state index in [1.165, 1.54) is 5.32 Å². The highest BCUT2D eigenvalue weighted by Gasteiger charge is 2.64. The van der Waals surface area contributed by atoms with Crippen LogP contribution in [0.2, 0.25) is 0 Å². The normalized spacial score (nSPS) is 20.2. The molecule has 0 aliphatic heterocycles. The van der Waals surface area contributed by atoms with Crippen molar-refractivity contribution in [3.8, 4) is 0 Å². The molecule has 1 fully saturated rings. The van der Waals surface area contributed by atoms with Crippen molar-refractivity contribution < 1.29 is 26.7 Å². The summed E-state index contributed by atoms with van der Waals surface area (Å²) in [6, 6.07) is 0. The van der Waals surface area contributed by atoms with E-state index in [1.54, 1.807) is 0 Å². The Morgan fingerprint density at radius 1 is 1.31 bits per heavy atom. The van der Waals surface area contributed by atoms with Crippen molar-refractivity contribution in [3.63, 3.8) is 0 Å². The van der Waals surface area contributed by atoms with E-state index in [9.17, 15) is 26.7 Å². The van der Waals surface area contributed by atoms with E-state index < -0.39 is 24.0 Å². The number of rotatable bonds is 2. The molecular weight excluding hydrogens is 197 g/mol. The molecule has 13 heavy (non-hydrogen) atoms. The molecule has 0 aromatic carbocycles. The van der Waals surface area contributed by atoms with E-state index in [2.05, 4.69) is 0 Å². The molecule has 1 rings (SSSR count). The Labute approximate surface area is 70.1 Å². The molecular formula is C6H6F5NO. The lowest BCUT2D eigenvalue weighted by molar-refractivity contribution is -0.173. The van der Waals surface area contributed by atoms with E-state index in [-0.39, 0.29) is 12.8 Å². The van der Waals surface area contributed by atoms with Gasteiger partial charge in [0.1, 0.15) is 5.54 Å². The minimum absolute atomic E-state index is 0.324. The smallest absolute Gasteiger partial charge is 0.337 e. The fourth-order valence-electron chi connectivity index (χ4n) is 0.895. The van der Waals surface area contributed by atoms with Crippen LogP contribution in [0.3, 0.4) is 0 Å². The highest BCUT2D eigenvalue weighted by atomic mass is 19.4. The first kappa shape index (κ1) is 10.2. The Morgan fingerprint density at radius 2 is 1.77 bits per heavy atom. The molecule has 0 aromatic heterocycles. The van der Waals surface area contributed by atoms with Gasteiger partial charge in [0.15, 0.2) is 0 Å². The number of amides is 1. The van der Waals surface area contributed by atoms with Crippen LogP contribution in [-0.4, -0.2) is 24.0 Å². The molecule has 0 aromatic rings. The van der Waals surface area contributed by atoms with E-state index in [4.69, 9.17) is 0 Å². The maximum atomic E-state index is 12.1. The van der Waals surface area contributed by atoms with Crippen LogP contribution in [0, 0.1) is 0 Å². The number of halogens is 5. The third kappa shape index (κ3) is 1.89. The van der Waals surface area contributed by atoms with Gasteiger partial charge in [0, 0.05) is 0 Å². The molecule has 1 amide bonds. The summed E-state index contributed by atoms with van der Waals surface area (Å²) < 4.78 is 59.4. The van der Waals surface area contributed by atoms with Crippen molar-refractivity contribution in [2.75, 3.05) is 0 Å². The van der Waals surface area contributed by atoms with Gasteiger partial charge >= 0.3 is 12.6 Å². The summed E-state index contributed by atoms with van der Waals surface area (Å²) in [5, 5.41) is 1.29. The fraction of sp³-hybridized carbons (Fsp3) is 0.833. The second-order valence-corrected chi connectivity index (χ2v) is 2.87. The zero-order chi connectivity index (χ0) is 10.3. The fourth-order valence-corrected chi connectivity index (χ4v) is 0.895. The summed E-state index contributed by atoms with van der Waals surface area (Å²) in [5.74, 6) is -1.87. The van der Waals surface area contributed by atoms with Crippen molar-refractivity contribution in [3.05, 3.63) is 0 Å². The standard InChI is InChI=1S/C6H6F5NO/c7-3(8)4(13)12-5(1-2-5)6(9,10)11/h3H,1-2H2,(H,12,13). The van der Waals surface area contributed by atoms with Crippen LogP contribution in [0.15, 0.2) is 0 Å². The van der Waals surface area contributed by atoms with Crippen LogP contribution < -0.4 is 5.32 Å². The SMILES string of the molecule is O=C(NC1(C(F)(F)F)CC1)C(F)F. The Bertz CT molecular complexity index is 220. The number of alkyl halides is 5. The number of carbonyl (C=O) groups is 1. The van der Waals surface area contributed by atoms with Crippen molar-refractivity contribution in [1.82, 2.24) is 5.32 Å². The third-order valence-electron chi connectivity index (χ3n) is 1.85. The lowest BCUT2D eigenvalue weighted by Crippen LogP contribution is -2.49. The van der Waals surface area contributed by atoms with Gasteiger partial charge in [-0.1, -0.05) is 0 Å². The molecule has 0 heterocycles. The molecule has 0 radical (unpaired) electrons. The first-order valence-corrected chi connectivity index (χ1v) is 3.45. The minimum Gasteiger partial charge on any atom is -0.337 e. The molecule has 0 unspecified atom stereocenters. The van der Waals surface area contributed by atoms with Gasteiger partial charge < -0.3 is 5.32 Å². The summed E-state index contributed by atoms with van der Waals surface area (Å²) in [6.45, 7) is 0. The number of carbonyl (C=O) groups excluding carboxylic acids is 1. The first-order chi connectivity index (χ1) is 5.78. The molecule has 2 nitrogen and oxygen atoms in total. The Hall–Kier alpha value is -0.880. The van der Waals surface area contributed by atoms with Crippen molar-refractivity contribution >= 4 is 5.91 Å². The van der Waals surface area contributed by atoms with Gasteiger partial charge in [0.2, 0.25) is 0 Å². The summed E-state index contributed by atoms with van der Waals surface area (Å²) >= 11 is 0. The van der Waals surface area contributed by atoms with Crippen LogP contribution in [0.1, 0.15) is 12.8 Å². The molecule has 76 valence electrons. The molecule has 0 spiro atoms. The summed E-state index contributed by atoms with van der Waals surface area (Å²) in [5.41, 5.74) is -2.39. The molecule has 0 atom stereocenters. The van der Waals surface area contributed by atoms with E-state index >= 15 is 0 Å². The van der Waals surface area contributed by atoms with Gasteiger partial charge in [-0.05, 0) is 12.8 Å². The Kier molecular flexibility index (Phi) is 2.21. The van der Waals surface area contributed by atoms with Gasteiger partial charge in [-0.15, -0.1) is 0 Å². The molecule has 0 bridgehead atoms. The molecule has 1 saturated carbocycles. The Balaban J connectivity index is 2.59. The van der Waals surface area contributed by atoms with Crippen molar-refractivity contribution in [2.45, 2.75) is 31.0 Å². The zero-order valence-electron chi connectivity index (χ0n) is 6.29. The second-order valence-electron chi connectivity index (χ2n) is 2.87. The third-order valence-corrected chi connectivity index (χ3v) is 1.85. The maximum absolute atomic E-state index is 12.1. The van der Waals surface area contributed by atoms with Crippen LogP contribution in [0.25, 0.3) is 0 Å². The van der Waals surface area contributed by atoms with Crippen LogP contribution in [0.5, 0.6) is 0 Å². The van der Waals surface area contributed by atoms with E-state index in [0.29, 0.717) is 0 Å². The summed E-state index contributed by atoms with van der Waals surface area (Å²) in [6.07, 6.45) is -8.69. The van der Waals surface area contributed by atoms with E-state index in [1.807, 2.05) is 0 Å². The second kappa shape index (κ2) is 2.81. The van der Waals surface area contributed by atoms with Crippen LogP contribution in [-0.2, 0) is 4.79 Å². The average molecular weight is 203 g/mol. The van der Waals surface area contributed by atoms with Crippen LogP contribution in [0.4, 0.5) is 22.0 Å². The highest BCUT2D eigenvalue weighted by molar-refractivity contribution is 5.80. The predicted molar refractivity (Wildman–Crippen MR) is 32.2 cm³/mol. The number of nitrogens with one attached hydrogen (secondary N) is 1. The average Bonchev–Trinajstić information content (AvgIpc) is 2.66. The lowest BCUT2D eigenvalue weighted by Gasteiger charge is -2.20. The van der Waals surface area contributed by atoms with Crippen molar-refractivity contribution in [1.29, 1.82) is 0 Å². The largest absolute Gasteiger partial charge is 0.411 e.